The lowest BCUT2D eigenvalue weighted by molar-refractivity contribution is 0.399. The summed E-state index contributed by atoms with van der Waals surface area (Å²) in [6, 6.07) is 0. The zero-order chi connectivity index (χ0) is 12.3. The van der Waals surface area contributed by atoms with E-state index < -0.39 is 0 Å². The van der Waals surface area contributed by atoms with Gasteiger partial charge in [-0.1, -0.05) is 20.8 Å². The van der Waals surface area contributed by atoms with Crippen LogP contribution in [0.5, 0.6) is 5.75 Å². The van der Waals surface area contributed by atoms with Crippen molar-refractivity contribution in [1.82, 2.24) is 9.97 Å². The minimum Gasteiger partial charge on any atom is -0.490 e. The van der Waals surface area contributed by atoms with Crippen LogP contribution in [0.4, 0.5) is 11.6 Å². The Labute approximate surface area is 96.6 Å². The molecule has 0 fully saturated rings. The van der Waals surface area contributed by atoms with Gasteiger partial charge in [0.15, 0.2) is 11.6 Å². The van der Waals surface area contributed by atoms with Crippen molar-refractivity contribution in [2.24, 2.45) is 5.41 Å². The molecule has 0 saturated carbocycles. The van der Waals surface area contributed by atoms with Crippen LogP contribution in [-0.4, -0.2) is 30.7 Å². The molecule has 0 radical (unpaired) electrons. The number of nitrogens with zero attached hydrogens (tertiary/aromatic N) is 3. The van der Waals surface area contributed by atoms with Crippen molar-refractivity contribution in [3.63, 3.8) is 0 Å². The molecular weight excluding hydrogens is 204 g/mol. The molecule has 1 aromatic heterocycles. The first-order valence-corrected chi connectivity index (χ1v) is 5.21. The van der Waals surface area contributed by atoms with Crippen molar-refractivity contribution < 1.29 is 4.74 Å². The Morgan fingerprint density at radius 3 is 2.50 bits per heavy atom. The molecule has 0 aliphatic rings. The molecule has 1 rings (SSSR count). The first-order chi connectivity index (χ1) is 7.35. The van der Waals surface area contributed by atoms with Gasteiger partial charge in [-0.05, 0) is 5.41 Å². The van der Waals surface area contributed by atoms with E-state index in [4.69, 9.17) is 10.5 Å². The quantitative estimate of drug-likeness (QED) is 0.844. The molecule has 0 aliphatic heterocycles. The van der Waals surface area contributed by atoms with Gasteiger partial charge in [-0.25, -0.2) is 9.97 Å². The van der Waals surface area contributed by atoms with E-state index in [1.807, 2.05) is 11.9 Å². The molecule has 0 bridgehead atoms. The normalized spacial score (nSPS) is 11.3. The second-order valence-electron chi connectivity index (χ2n) is 5.03. The fraction of sp³-hybridized carbons (Fsp3) is 0.636. The molecule has 0 amide bonds. The van der Waals surface area contributed by atoms with Gasteiger partial charge in [0.05, 0.1) is 7.11 Å². The van der Waals surface area contributed by atoms with Crippen LogP contribution in [-0.2, 0) is 0 Å². The monoisotopic (exact) mass is 224 g/mol. The van der Waals surface area contributed by atoms with Gasteiger partial charge in [0.25, 0.3) is 0 Å². The summed E-state index contributed by atoms with van der Waals surface area (Å²) < 4.78 is 5.22. The summed E-state index contributed by atoms with van der Waals surface area (Å²) in [5, 5.41) is 0. The third-order valence-corrected chi connectivity index (χ3v) is 2.09. The molecule has 0 unspecified atom stereocenters. The smallest absolute Gasteiger partial charge is 0.204 e. The van der Waals surface area contributed by atoms with Gasteiger partial charge < -0.3 is 15.4 Å². The SMILES string of the molecule is COc1c(N)ncnc1N(C)CC(C)(C)C. The van der Waals surface area contributed by atoms with Gasteiger partial charge in [0.1, 0.15) is 6.33 Å². The maximum Gasteiger partial charge on any atom is 0.204 e. The second-order valence-corrected chi connectivity index (χ2v) is 5.03. The molecule has 2 N–H and O–H groups in total. The Bertz CT molecular complexity index is 359. The predicted molar refractivity (Wildman–Crippen MR) is 65.7 cm³/mol. The number of nitrogen functional groups attached to an aromatic ring is 1. The molecule has 1 aromatic rings. The lowest BCUT2D eigenvalue weighted by atomic mass is 9.96. The topological polar surface area (TPSA) is 64.3 Å². The van der Waals surface area contributed by atoms with Crippen molar-refractivity contribution in [1.29, 1.82) is 0 Å². The van der Waals surface area contributed by atoms with Crippen molar-refractivity contribution in [3.05, 3.63) is 6.33 Å². The van der Waals surface area contributed by atoms with Crippen molar-refractivity contribution in [3.8, 4) is 5.75 Å². The number of anilines is 2. The zero-order valence-corrected chi connectivity index (χ0v) is 10.6. The van der Waals surface area contributed by atoms with Gasteiger partial charge in [0.2, 0.25) is 5.75 Å². The highest BCUT2D eigenvalue weighted by Crippen LogP contribution is 2.30. The third kappa shape index (κ3) is 2.98. The summed E-state index contributed by atoms with van der Waals surface area (Å²) in [5.74, 6) is 1.63. The van der Waals surface area contributed by atoms with Crippen LogP contribution in [0, 0.1) is 5.41 Å². The maximum absolute atomic E-state index is 5.73. The van der Waals surface area contributed by atoms with Crippen molar-refractivity contribution in [2.45, 2.75) is 20.8 Å². The average Bonchev–Trinajstić information content (AvgIpc) is 2.14. The maximum atomic E-state index is 5.73. The average molecular weight is 224 g/mol. The fourth-order valence-electron chi connectivity index (χ4n) is 1.63. The van der Waals surface area contributed by atoms with E-state index in [1.54, 1.807) is 7.11 Å². The fourth-order valence-corrected chi connectivity index (χ4v) is 1.63. The van der Waals surface area contributed by atoms with Gasteiger partial charge in [-0.2, -0.15) is 0 Å². The van der Waals surface area contributed by atoms with E-state index >= 15 is 0 Å². The Hall–Kier alpha value is -1.52. The molecule has 0 saturated heterocycles. The zero-order valence-electron chi connectivity index (χ0n) is 10.6. The van der Waals surface area contributed by atoms with Crippen LogP contribution < -0.4 is 15.4 Å². The Balaban J connectivity index is 2.99. The molecular formula is C11H20N4O. The van der Waals surface area contributed by atoms with Crippen LogP contribution in [0.25, 0.3) is 0 Å². The number of aromatic nitrogens is 2. The number of hydrogen-bond donors (Lipinski definition) is 1. The second kappa shape index (κ2) is 4.55. The summed E-state index contributed by atoms with van der Waals surface area (Å²) >= 11 is 0. The van der Waals surface area contributed by atoms with E-state index in [1.165, 1.54) is 6.33 Å². The summed E-state index contributed by atoms with van der Waals surface area (Å²) in [4.78, 5) is 10.1. The van der Waals surface area contributed by atoms with Crippen molar-refractivity contribution >= 4 is 11.6 Å². The van der Waals surface area contributed by atoms with Crippen molar-refractivity contribution in [2.75, 3.05) is 31.3 Å². The molecule has 0 aliphatic carbocycles. The Morgan fingerprint density at radius 2 is 2.00 bits per heavy atom. The largest absolute Gasteiger partial charge is 0.490 e. The van der Waals surface area contributed by atoms with Crippen LogP contribution >= 0.6 is 0 Å². The summed E-state index contributed by atoms with van der Waals surface area (Å²) in [5.41, 5.74) is 5.91. The van der Waals surface area contributed by atoms with E-state index in [-0.39, 0.29) is 5.41 Å². The summed E-state index contributed by atoms with van der Waals surface area (Å²) in [6.45, 7) is 7.36. The number of methoxy groups -OCH3 is 1. The minimum absolute atomic E-state index is 0.180. The highest BCUT2D eigenvalue weighted by molar-refractivity contribution is 5.62. The number of ether oxygens (including phenoxy) is 1. The van der Waals surface area contributed by atoms with Gasteiger partial charge in [0, 0.05) is 13.6 Å². The molecule has 5 nitrogen and oxygen atoms in total. The van der Waals surface area contributed by atoms with E-state index in [9.17, 15) is 0 Å². The lowest BCUT2D eigenvalue weighted by Gasteiger charge is -2.28. The Kier molecular flexibility index (Phi) is 3.57. The lowest BCUT2D eigenvalue weighted by Crippen LogP contribution is -2.30. The highest BCUT2D eigenvalue weighted by Gasteiger charge is 2.19. The van der Waals surface area contributed by atoms with E-state index in [0.717, 1.165) is 12.4 Å². The van der Waals surface area contributed by atoms with Crippen LogP contribution in [0.1, 0.15) is 20.8 Å². The number of hydrogen-bond acceptors (Lipinski definition) is 5. The van der Waals surface area contributed by atoms with E-state index in [2.05, 4.69) is 30.7 Å². The summed E-state index contributed by atoms with van der Waals surface area (Å²) in [6.07, 6.45) is 1.45. The van der Waals surface area contributed by atoms with E-state index in [0.29, 0.717) is 11.6 Å². The standard InChI is InChI=1S/C11H20N4O/c1-11(2,3)6-15(4)10-8(16-5)9(12)13-7-14-10/h7H,6H2,1-5H3,(H2,12,13,14). The molecule has 0 spiro atoms. The molecule has 0 atom stereocenters. The first kappa shape index (κ1) is 12.5. The van der Waals surface area contributed by atoms with Crippen LogP contribution in [0.15, 0.2) is 6.33 Å². The molecule has 0 aromatic carbocycles. The van der Waals surface area contributed by atoms with Gasteiger partial charge in [-0.15, -0.1) is 0 Å². The first-order valence-electron chi connectivity index (χ1n) is 5.21. The minimum atomic E-state index is 0.180. The van der Waals surface area contributed by atoms with Gasteiger partial charge in [-0.3, -0.25) is 0 Å². The Morgan fingerprint density at radius 1 is 1.38 bits per heavy atom. The van der Waals surface area contributed by atoms with Gasteiger partial charge >= 0.3 is 0 Å². The predicted octanol–water partition coefficient (Wildman–Crippen LogP) is 1.55. The highest BCUT2D eigenvalue weighted by atomic mass is 16.5. The number of nitrogens with two attached hydrogens (primary N) is 1. The summed E-state index contributed by atoms with van der Waals surface area (Å²) in [7, 11) is 3.54. The molecule has 5 heteroatoms. The molecule has 1 heterocycles. The molecule has 90 valence electrons. The third-order valence-electron chi connectivity index (χ3n) is 2.09. The van der Waals surface area contributed by atoms with Crippen LogP contribution in [0.3, 0.4) is 0 Å². The number of rotatable bonds is 3. The molecule has 16 heavy (non-hydrogen) atoms. The van der Waals surface area contributed by atoms with Crippen LogP contribution in [0.2, 0.25) is 0 Å².